The zero-order chi connectivity index (χ0) is 21.9. The molecule has 0 aliphatic carbocycles. The van der Waals surface area contributed by atoms with Crippen molar-refractivity contribution in [1.82, 2.24) is 14.5 Å². The molecule has 0 saturated carbocycles. The maximum absolute atomic E-state index is 12.9. The monoisotopic (exact) mass is 449 g/mol. The number of nitrogens with one attached hydrogen (secondary N) is 1. The highest BCUT2D eigenvalue weighted by molar-refractivity contribution is 7.89. The first-order chi connectivity index (χ1) is 15.1. The van der Waals surface area contributed by atoms with E-state index in [1.54, 1.807) is 12.3 Å². The van der Waals surface area contributed by atoms with E-state index in [1.807, 2.05) is 12.1 Å². The van der Waals surface area contributed by atoms with E-state index in [1.165, 1.54) is 55.5 Å². The van der Waals surface area contributed by atoms with Gasteiger partial charge < -0.3 is 10.1 Å². The van der Waals surface area contributed by atoms with Crippen molar-refractivity contribution in [2.45, 2.75) is 90.0 Å². The molecule has 1 aromatic heterocycles. The van der Waals surface area contributed by atoms with Gasteiger partial charge in [0, 0.05) is 6.04 Å². The summed E-state index contributed by atoms with van der Waals surface area (Å²) in [5, 5.41) is 8.38. The molecule has 1 atom stereocenters. The molecular formula is C24H39N3O3S. The SMILES string of the molecule is CCCCCCCCCCCCS(=O)(=O)n1ncc2c(OCC3CCCN3)cccc21. The van der Waals surface area contributed by atoms with Crippen molar-refractivity contribution >= 4 is 20.9 Å². The van der Waals surface area contributed by atoms with Crippen molar-refractivity contribution in [2.75, 3.05) is 18.9 Å². The topological polar surface area (TPSA) is 73.2 Å². The van der Waals surface area contributed by atoms with Gasteiger partial charge in [-0.3, -0.25) is 0 Å². The van der Waals surface area contributed by atoms with E-state index in [2.05, 4.69) is 17.3 Å². The van der Waals surface area contributed by atoms with Crippen molar-refractivity contribution < 1.29 is 13.2 Å². The van der Waals surface area contributed by atoms with E-state index in [9.17, 15) is 8.42 Å². The minimum atomic E-state index is -3.46. The summed E-state index contributed by atoms with van der Waals surface area (Å²) in [5.74, 6) is 0.837. The van der Waals surface area contributed by atoms with Gasteiger partial charge >= 0.3 is 0 Å². The highest BCUT2D eigenvalue weighted by Crippen LogP contribution is 2.27. The second-order valence-electron chi connectivity index (χ2n) is 8.78. The van der Waals surface area contributed by atoms with Crippen molar-refractivity contribution in [3.8, 4) is 5.75 Å². The van der Waals surface area contributed by atoms with Gasteiger partial charge in [-0.25, -0.2) is 8.42 Å². The van der Waals surface area contributed by atoms with Crippen molar-refractivity contribution in [1.29, 1.82) is 0 Å². The predicted octanol–water partition coefficient (Wildman–Crippen LogP) is 5.27. The number of ether oxygens (including phenoxy) is 1. The number of benzene rings is 1. The van der Waals surface area contributed by atoms with Crippen LogP contribution in [0.25, 0.3) is 10.9 Å². The first-order valence-corrected chi connectivity index (χ1v) is 13.8. The third-order valence-corrected chi connectivity index (χ3v) is 7.79. The Labute approximate surface area is 187 Å². The third kappa shape index (κ3) is 7.21. The molecule has 0 amide bonds. The maximum atomic E-state index is 12.9. The molecule has 1 N–H and O–H groups in total. The van der Waals surface area contributed by atoms with E-state index < -0.39 is 10.0 Å². The molecule has 2 aromatic rings. The highest BCUT2D eigenvalue weighted by atomic mass is 32.2. The molecule has 0 spiro atoms. The Morgan fingerprint density at radius 1 is 1.06 bits per heavy atom. The maximum Gasteiger partial charge on any atom is 0.254 e. The number of fused-ring (bicyclic) bond motifs is 1. The Hall–Kier alpha value is -1.60. The molecule has 3 rings (SSSR count). The number of aromatic nitrogens is 2. The van der Waals surface area contributed by atoms with E-state index in [0.29, 0.717) is 30.3 Å². The van der Waals surface area contributed by atoms with Crippen LogP contribution >= 0.6 is 0 Å². The van der Waals surface area contributed by atoms with E-state index in [-0.39, 0.29) is 5.75 Å². The van der Waals surface area contributed by atoms with Crippen LogP contribution in [0.2, 0.25) is 0 Å². The Kier molecular flexibility index (Phi) is 9.65. The van der Waals surface area contributed by atoms with Gasteiger partial charge in [-0.15, -0.1) is 0 Å². The van der Waals surface area contributed by atoms with Crippen LogP contribution in [-0.4, -0.2) is 42.5 Å². The summed E-state index contributed by atoms with van der Waals surface area (Å²) < 4.78 is 32.9. The van der Waals surface area contributed by atoms with Gasteiger partial charge in [0.05, 0.1) is 22.9 Å². The minimum Gasteiger partial charge on any atom is -0.491 e. The summed E-state index contributed by atoms with van der Waals surface area (Å²) in [6, 6.07) is 5.90. The second-order valence-corrected chi connectivity index (χ2v) is 10.7. The zero-order valence-corrected chi connectivity index (χ0v) is 19.8. The van der Waals surface area contributed by atoms with Gasteiger partial charge in [0.1, 0.15) is 12.4 Å². The average molecular weight is 450 g/mol. The molecule has 0 radical (unpaired) electrons. The molecular weight excluding hydrogens is 410 g/mol. The van der Waals surface area contributed by atoms with Gasteiger partial charge in [0.25, 0.3) is 10.0 Å². The largest absolute Gasteiger partial charge is 0.491 e. The van der Waals surface area contributed by atoms with Gasteiger partial charge in [-0.2, -0.15) is 9.19 Å². The molecule has 7 heteroatoms. The van der Waals surface area contributed by atoms with Crippen LogP contribution in [0.3, 0.4) is 0 Å². The number of rotatable bonds is 15. The zero-order valence-electron chi connectivity index (χ0n) is 19.0. The highest BCUT2D eigenvalue weighted by Gasteiger charge is 2.20. The molecule has 1 unspecified atom stereocenters. The van der Waals surface area contributed by atoms with E-state index >= 15 is 0 Å². The van der Waals surface area contributed by atoms with Crippen LogP contribution in [0.1, 0.15) is 84.0 Å². The molecule has 174 valence electrons. The molecule has 1 aromatic carbocycles. The third-order valence-electron chi connectivity index (χ3n) is 6.16. The van der Waals surface area contributed by atoms with Crippen LogP contribution in [0.15, 0.2) is 24.4 Å². The smallest absolute Gasteiger partial charge is 0.254 e. The van der Waals surface area contributed by atoms with Gasteiger partial charge in [0.2, 0.25) is 0 Å². The summed E-state index contributed by atoms with van der Waals surface area (Å²) in [4.78, 5) is 0. The molecule has 1 fully saturated rings. The Morgan fingerprint density at radius 3 is 2.45 bits per heavy atom. The lowest BCUT2D eigenvalue weighted by Gasteiger charge is -2.13. The minimum absolute atomic E-state index is 0.136. The fourth-order valence-electron chi connectivity index (χ4n) is 4.30. The van der Waals surface area contributed by atoms with Crippen LogP contribution < -0.4 is 10.1 Å². The second kappa shape index (κ2) is 12.4. The van der Waals surface area contributed by atoms with E-state index in [0.717, 1.165) is 31.2 Å². The van der Waals surface area contributed by atoms with Gasteiger partial charge in [-0.1, -0.05) is 70.8 Å². The number of hydrogen-bond acceptors (Lipinski definition) is 5. The average Bonchev–Trinajstić information content (AvgIpc) is 3.44. The number of unbranched alkanes of at least 4 members (excludes halogenated alkanes) is 9. The molecule has 1 aliphatic rings. The molecule has 6 nitrogen and oxygen atoms in total. The van der Waals surface area contributed by atoms with Crippen molar-refractivity contribution in [2.24, 2.45) is 0 Å². The predicted molar refractivity (Wildman–Crippen MR) is 127 cm³/mol. The van der Waals surface area contributed by atoms with Crippen LogP contribution in [0, 0.1) is 0 Å². The molecule has 1 aliphatic heterocycles. The normalized spacial score (nSPS) is 16.9. The molecule has 1 saturated heterocycles. The molecule has 0 bridgehead atoms. The van der Waals surface area contributed by atoms with Crippen molar-refractivity contribution in [3.63, 3.8) is 0 Å². The van der Waals surface area contributed by atoms with Crippen LogP contribution in [-0.2, 0) is 10.0 Å². The van der Waals surface area contributed by atoms with Crippen LogP contribution in [0.4, 0.5) is 0 Å². The van der Waals surface area contributed by atoms with Gasteiger partial charge in [-0.05, 0) is 37.9 Å². The molecule has 31 heavy (non-hydrogen) atoms. The quantitative estimate of drug-likeness (QED) is 0.375. The lowest BCUT2D eigenvalue weighted by atomic mass is 10.1. The Balaban J connectivity index is 1.46. The van der Waals surface area contributed by atoms with Gasteiger partial charge in [0.15, 0.2) is 0 Å². The summed E-state index contributed by atoms with van der Waals surface area (Å²) in [7, 11) is -3.46. The Morgan fingerprint density at radius 2 is 1.77 bits per heavy atom. The van der Waals surface area contributed by atoms with Crippen LogP contribution in [0.5, 0.6) is 5.75 Å². The lowest BCUT2D eigenvalue weighted by molar-refractivity contribution is 0.280. The fourth-order valence-corrected chi connectivity index (χ4v) is 5.69. The summed E-state index contributed by atoms with van der Waals surface area (Å²) in [6.45, 7) is 3.87. The standard InChI is InChI=1S/C24H39N3O3S/c1-2-3-4-5-6-7-8-9-10-11-18-31(28,29)27-23-15-12-16-24(22(23)19-26-27)30-20-21-14-13-17-25-21/h12,15-16,19,21,25H,2-11,13-14,17-18,20H2,1H3. The summed E-state index contributed by atoms with van der Waals surface area (Å²) >= 11 is 0. The number of hydrogen-bond donors (Lipinski definition) is 1. The summed E-state index contributed by atoms with van der Waals surface area (Å²) in [6.07, 6.45) is 15.7. The first-order valence-electron chi connectivity index (χ1n) is 12.2. The Bertz CT molecular complexity index is 889. The fraction of sp³-hybridized carbons (Fsp3) is 0.708. The summed E-state index contributed by atoms with van der Waals surface area (Å²) in [5.41, 5.74) is 0.601. The number of nitrogens with zero attached hydrogens (tertiary/aromatic N) is 2. The molecule has 2 heterocycles. The van der Waals surface area contributed by atoms with E-state index in [4.69, 9.17) is 4.74 Å². The first kappa shape index (κ1) is 24.1. The lowest BCUT2D eigenvalue weighted by Crippen LogP contribution is -2.28. The van der Waals surface area contributed by atoms with Crippen molar-refractivity contribution in [3.05, 3.63) is 24.4 Å².